The highest BCUT2D eigenvalue weighted by atomic mass is 35.5. The Labute approximate surface area is 112 Å². The number of halogens is 2. The standard InChI is InChI=1S/C13H16FN3.ClH/c1-13(2,3)11-8-12(15)17(16-11)10-6-4-5-9(14)7-10;/h4-8H,15H2,1-3H3;1H. The molecule has 2 N–H and O–H groups in total. The van der Waals surface area contributed by atoms with E-state index in [9.17, 15) is 4.39 Å². The number of benzene rings is 1. The summed E-state index contributed by atoms with van der Waals surface area (Å²) in [4.78, 5) is 0. The zero-order valence-corrected chi connectivity index (χ0v) is 11.5. The molecule has 5 heteroatoms. The monoisotopic (exact) mass is 269 g/mol. The zero-order chi connectivity index (χ0) is 12.6. The molecule has 0 unspecified atom stereocenters. The number of aromatic nitrogens is 2. The molecular weight excluding hydrogens is 253 g/mol. The van der Waals surface area contributed by atoms with Gasteiger partial charge in [0.05, 0.1) is 11.4 Å². The van der Waals surface area contributed by atoms with Crippen LogP contribution < -0.4 is 5.73 Å². The Morgan fingerprint density at radius 1 is 1.22 bits per heavy atom. The molecule has 1 aromatic carbocycles. The molecule has 0 saturated carbocycles. The Balaban J connectivity index is 0.00000162. The van der Waals surface area contributed by atoms with E-state index in [0.29, 0.717) is 11.5 Å². The van der Waals surface area contributed by atoms with Crippen LogP contribution in [0.15, 0.2) is 30.3 Å². The third-order valence-electron chi connectivity index (χ3n) is 2.56. The second-order valence-electron chi connectivity index (χ2n) is 5.10. The SMILES string of the molecule is CC(C)(C)c1cc(N)n(-c2cccc(F)c2)n1.Cl. The van der Waals surface area contributed by atoms with Gasteiger partial charge in [0, 0.05) is 11.5 Å². The van der Waals surface area contributed by atoms with Gasteiger partial charge in [0.1, 0.15) is 11.6 Å². The number of hydrogen-bond donors (Lipinski definition) is 1. The molecule has 2 aromatic rings. The molecule has 2 rings (SSSR count). The Morgan fingerprint density at radius 3 is 2.39 bits per heavy atom. The first-order chi connectivity index (χ1) is 7.88. The topological polar surface area (TPSA) is 43.8 Å². The Morgan fingerprint density at radius 2 is 1.89 bits per heavy atom. The summed E-state index contributed by atoms with van der Waals surface area (Å²) in [6, 6.07) is 8.05. The average molecular weight is 270 g/mol. The summed E-state index contributed by atoms with van der Waals surface area (Å²) in [5.74, 6) is 0.218. The minimum atomic E-state index is -0.297. The van der Waals surface area contributed by atoms with Crippen LogP contribution in [0, 0.1) is 5.82 Å². The molecule has 3 nitrogen and oxygen atoms in total. The summed E-state index contributed by atoms with van der Waals surface area (Å²) in [6.07, 6.45) is 0. The molecule has 0 saturated heterocycles. The molecule has 0 atom stereocenters. The molecule has 0 spiro atoms. The van der Waals surface area contributed by atoms with Crippen LogP contribution in [0.1, 0.15) is 26.5 Å². The van der Waals surface area contributed by atoms with E-state index in [1.165, 1.54) is 12.1 Å². The van der Waals surface area contributed by atoms with Crippen molar-refractivity contribution in [3.05, 3.63) is 41.8 Å². The number of rotatable bonds is 1. The van der Waals surface area contributed by atoms with Crippen molar-refractivity contribution in [1.82, 2.24) is 9.78 Å². The van der Waals surface area contributed by atoms with Crippen molar-refractivity contribution in [2.24, 2.45) is 0 Å². The number of anilines is 1. The lowest BCUT2D eigenvalue weighted by atomic mass is 9.92. The second kappa shape index (κ2) is 4.98. The lowest BCUT2D eigenvalue weighted by molar-refractivity contribution is 0.560. The maximum Gasteiger partial charge on any atom is 0.127 e. The van der Waals surface area contributed by atoms with Crippen LogP contribution in [0.25, 0.3) is 5.69 Å². The largest absolute Gasteiger partial charge is 0.384 e. The first kappa shape index (κ1) is 14.5. The summed E-state index contributed by atoms with van der Waals surface area (Å²) in [7, 11) is 0. The highest BCUT2D eigenvalue weighted by molar-refractivity contribution is 5.85. The average Bonchev–Trinajstić information content (AvgIpc) is 2.60. The van der Waals surface area contributed by atoms with Gasteiger partial charge in [0.2, 0.25) is 0 Å². The highest BCUT2D eigenvalue weighted by Gasteiger charge is 2.19. The third kappa shape index (κ3) is 2.82. The highest BCUT2D eigenvalue weighted by Crippen LogP contribution is 2.24. The van der Waals surface area contributed by atoms with Crippen molar-refractivity contribution in [1.29, 1.82) is 0 Å². The Kier molecular flexibility index (Phi) is 4.02. The minimum Gasteiger partial charge on any atom is -0.384 e. The molecule has 0 fully saturated rings. The molecule has 0 aliphatic heterocycles. The van der Waals surface area contributed by atoms with Crippen molar-refractivity contribution >= 4 is 18.2 Å². The first-order valence-electron chi connectivity index (χ1n) is 5.50. The van der Waals surface area contributed by atoms with E-state index in [-0.39, 0.29) is 23.6 Å². The normalized spacial score (nSPS) is 11.1. The van der Waals surface area contributed by atoms with Crippen molar-refractivity contribution in [3.63, 3.8) is 0 Å². The summed E-state index contributed by atoms with van der Waals surface area (Å²) in [5.41, 5.74) is 7.35. The molecule has 1 aromatic heterocycles. The lowest BCUT2D eigenvalue weighted by Gasteiger charge is -2.14. The minimum absolute atomic E-state index is 0. The second-order valence-corrected chi connectivity index (χ2v) is 5.10. The smallest absolute Gasteiger partial charge is 0.127 e. The van der Waals surface area contributed by atoms with Crippen LogP contribution in [0.4, 0.5) is 10.2 Å². The van der Waals surface area contributed by atoms with Gasteiger partial charge in [0.25, 0.3) is 0 Å². The maximum absolute atomic E-state index is 13.1. The van der Waals surface area contributed by atoms with Crippen LogP contribution in [-0.4, -0.2) is 9.78 Å². The quantitative estimate of drug-likeness (QED) is 0.863. The van der Waals surface area contributed by atoms with Crippen LogP contribution in [0.2, 0.25) is 0 Å². The van der Waals surface area contributed by atoms with Gasteiger partial charge in [-0.2, -0.15) is 5.10 Å². The number of hydrogen-bond acceptors (Lipinski definition) is 2. The van der Waals surface area contributed by atoms with E-state index in [1.807, 2.05) is 6.07 Å². The maximum atomic E-state index is 13.1. The fraction of sp³-hybridized carbons (Fsp3) is 0.308. The van der Waals surface area contributed by atoms with Gasteiger partial charge in [-0.1, -0.05) is 26.8 Å². The molecule has 18 heavy (non-hydrogen) atoms. The van der Waals surface area contributed by atoms with Crippen molar-refractivity contribution < 1.29 is 4.39 Å². The van der Waals surface area contributed by atoms with Gasteiger partial charge in [-0.3, -0.25) is 0 Å². The molecule has 0 radical (unpaired) electrons. The molecule has 0 aliphatic carbocycles. The van der Waals surface area contributed by atoms with Crippen LogP contribution in [0.3, 0.4) is 0 Å². The summed E-state index contributed by atoms with van der Waals surface area (Å²) >= 11 is 0. The fourth-order valence-electron chi connectivity index (χ4n) is 1.58. The first-order valence-corrected chi connectivity index (χ1v) is 5.50. The van der Waals surface area contributed by atoms with Gasteiger partial charge in [-0.15, -0.1) is 12.4 Å². The molecule has 1 heterocycles. The molecular formula is C13H17ClFN3. The predicted molar refractivity (Wildman–Crippen MR) is 73.9 cm³/mol. The van der Waals surface area contributed by atoms with E-state index in [4.69, 9.17) is 5.73 Å². The Hall–Kier alpha value is -1.55. The number of nitrogen functional groups attached to an aromatic ring is 1. The van der Waals surface area contributed by atoms with Crippen LogP contribution >= 0.6 is 12.4 Å². The third-order valence-corrected chi connectivity index (χ3v) is 2.56. The predicted octanol–water partition coefficient (Wildman–Crippen LogP) is 3.31. The molecule has 98 valence electrons. The number of nitrogens with zero attached hydrogens (tertiary/aromatic N) is 2. The van der Waals surface area contributed by atoms with E-state index in [2.05, 4.69) is 25.9 Å². The molecule has 0 aliphatic rings. The fourth-order valence-corrected chi connectivity index (χ4v) is 1.58. The van der Waals surface area contributed by atoms with Crippen molar-refractivity contribution in [2.45, 2.75) is 26.2 Å². The van der Waals surface area contributed by atoms with Gasteiger partial charge >= 0.3 is 0 Å². The summed E-state index contributed by atoms with van der Waals surface area (Å²) < 4.78 is 14.7. The molecule has 0 bridgehead atoms. The number of nitrogens with two attached hydrogens (primary N) is 1. The summed E-state index contributed by atoms with van der Waals surface area (Å²) in [6.45, 7) is 6.18. The summed E-state index contributed by atoms with van der Waals surface area (Å²) in [5, 5.41) is 4.42. The van der Waals surface area contributed by atoms with Crippen molar-refractivity contribution in [3.8, 4) is 5.69 Å². The zero-order valence-electron chi connectivity index (χ0n) is 10.6. The van der Waals surface area contributed by atoms with E-state index in [1.54, 1.807) is 16.8 Å². The van der Waals surface area contributed by atoms with E-state index >= 15 is 0 Å². The van der Waals surface area contributed by atoms with Gasteiger partial charge in [-0.05, 0) is 18.2 Å². The van der Waals surface area contributed by atoms with Gasteiger partial charge in [-0.25, -0.2) is 9.07 Å². The van der Waals surface area contributed by atoms with Crippen molar-refractivity contribution in [2.75, 3.05) is 5.73 Å². The Bertz CT molecular complexity index is 543. The lowest BCUT2D eigenvalue weighted by Crippen LogP contribution is -2.12. The van der Waals surface area contributed by atoms with Crippen LogP contribution in [-0.2, 0) is 5.41 Å². The van der Waals surface area contributed by atoms with Gasteiger partial charge in [0.15, 0.2) is 0 Å². The van der Waals surface area contributed by atoms with E-state index in [0.717, 1.165) is 5.69 Å². The van der Waals surface area contributed by atoms with Crippen LogP contribution in [0.5, 0.6) is 0 Å². The van der Waals surface area contributed by atoms with Gasteiger partial charge < -0.3 is 5.73 Å². The molecule has 0 amide bonds. The van der Waals surface area contributed by atoms with E-state index < -0.39 is 0 Å².